The van der Waals surface area contributed by atoms with Crippen molar-refractivity contribution >= 4 is 5.91 Å². The van der Waals surface area contributed by atoms with Gasteiger partial charge in [0.25, 0.3) is 0 Å². The second-order valence-corrected chi connectivity index (χ2v) is 4.17. The fourth-order valence-electron chi connectivity index (χ4n) is 2.10. The Morgan fingerprint density at radius 3 is 2.57 bits per heavy atom. The molecule has 1 rings (SSSR count). The van der Waals surface area contributed by atoms with Crippen LogP contribution in [0.2, 0.25) is 0 Å². The predicted molar refractivity (Wildman–Crippen MR) is 54.3 cm³/mol. The van der Waals surface area contributed by atoms with Crippen molar-refractivity contribution in [2.75, 3.05) is 6.61 Å². The standard InChI is InChI=1S/C10H20N2O2/c1-3-14-10(2)6-4-8(5-7-10)9(13)12-11/h8H,3-7,11H2,1-2H3,(H,12,13). The van der Waals surface area contributed by atoms with E-state index in [2.05, 4.69) is 12.3 Å². The molecule has 0 aromatic rings. The average Bonchev–Trinajstić information content (AvgIpc) is 2.18. The van der Waals surface area contributed by atoms with Crippen LogP contribution in [0.25, 0.3) is 0 Å². The van der Waals surface area contributed by atoms with Crippen LogP contribution in [0.5, 0.6) is 0 Å². The van der Waals surface area contributed by atoms with E-state index in [0.717, 1.165) is 32.3 Å². The van der Waals surface area contributed by atoms with Crippen LogP contribution in [0.15, 0.2) is 0 Å². The highest BCUT2D eigenvalue weighted by Crippen LogP contribution is 2.34. The lowest BCUT2D eigenvalue weighted by Crippen LogP contribution is -2.41. The van der Waals surface area contributed by atoms with Gasteiger partial charge in [0.2, 0.25) is 5.91 Å². The maximum absolute atomic E-state index is 11.3. The summed E-state index contributed by atoms with van der Waals surface area (Å²) in [5.74, 6) is 5.14. The lowest BCUT2D eigenvalue weighted by molar-refractivity contribution is -0.129. The Labute approximate surface area is 85.2 Å². The molecule has 0 heterocycles. The third kappa shape index (κ3) is 2.69. The fourth-order valence-corrected chi connectivity index (χ4v) is 2.10. The number of hydrazine groups is 1. The first kappa shape index (κ1) is 11.5. The fraction of sp³-hybridized carbons (Fsp3) is 0.900. The number of amides is 1. The van der Waals surface area contributed by atoms with Gasteiger partial charge in [0, 0.05) is 12.5 Å². The van der Waals surface area contributed by atoms with Crippen molar-refractivity contribution in [2.24, 2.45) is 11.8 Å². The van der Waals surface area contributed by atoms with Crippen LogP contribution in [0, 0.1) is 5.92 Å². The zero-order chi connectivity index (χ0) is 10.6. The summed E-state index contributed by atoms with van der Waals surface area (Å²) in [5, 5.41) is 0. The van der Waals surface area contributed by atoms with E-state index >= 15 is 0 Å². The van der Waals surface area contributed by atoms with Gasteiger partial charge in [0.15, 0.2) is 0 Å². The van der Waals surface area contributed by atoms with Gasteiger partial charge < -0.3 is 4.74 Å². The van der Waals surface area contributed by atoms with E-state index in [9.17, 15) is 4.79 Å². The summed E-state index contributed by atoms with van der Waals surface area (Å²) < 4.78 is 5.67. The molecule has 0 aromatic heterocycles. The Morgan fingerprint density at radius 1 is 1.57 bits per heavy atom. The highest BCUT2D eigenvalue weighted by atomic mass is 16.5. The summed E-state index contributed by atoms with van der Waals surface area (Å²) in [6, 6.07) is 0. The molecule has 0 saturated heterocycles. The smallest absolute Gasteiger partial charge is 0.236 e. The summed E-state index contributed by atoms with van der Waals surface area (Å²) in [5.41, 5.74) is 2.19. The molecule has 4 heteroatoms. The molecule has 82 valence electrons. The lowest BCUT2D eigenvalue weighted by atomic mass is 9.79. The normalized spacial score (nSPS) is 32.6. The molecule has 1 aliphatic carbocycles. The minimum atomic E-state index is -0.0384. The van der Waals surface area contributed by atoms with Gasteiger partial charge in [-0.2, -0.15) is 0 Å². The van der Waals surface area contributed by atoms with E-state index in [1.54, 1.807) is 0 Å². The Hall–Kier alpha value is -0.610. The van der Waals surface area contributed by atoms with E-state index in [1.165, 1.54) is 0 Å². The molecule has 1 aliphatic rings. The first-order valence-electron chi connectivity index (χ1n) is 5.25. The molecule has 14 heavy (non-hydrogen) atoms. The molecule has 1 fully saturated rings. The monoisotopic (exact) mass is 200 g/mol. The number of nitrogens with one attached hydrogen (secondary N) is 1. The number of hydrogen-bond acceptors (Lipinski definition) is 3. The highest BCUT2D eigenvalue weighted by Gasteiger charge is 2.33. The molecule has 3 N–H and O–H groups in total. The first-order chi connectivity index (χ1) is 6.61. The quantitative estimate of drug-likeness (QED) is 0.405. The molecule has 0 bridgehead atoms. The molecule has 0 atom stereocenters. The molecule has 0 radical (unpaired) electrons. The van der Waals surface area contributed by atoms with Crippen molar-refractivity contribution in [3.8, 4) is 0 Å². The molecule has 0 aromatic carbocycles. The van der Waals surface area contributed by atoms with Crippen molar-refractivity contribution in [3.05, 3.63) is 0 Å². The minimum Gasteiger partial charge on any atom is -0.376 e. The maximum atomic E-state index is 11.3. The first-order valence-corrected chi connectivity index (χ1v) is 5.25. The molecule has 1 saturated carbocycles. The SMILES string of the molecule is CCOC1(C)CCC(C(=O)NN)CC1. The number of hydrogen-bond donors (Lipinski definition) is 2. The van der Waals surface area contributed by atoms with E-state index in [1.807, 2.05) is 6.92 Å². The van der Waals surface area contributed by atoms with Gasteiger partial charge >= 0.3 is 0 Å². The lowest BCUT2D eigenvalue weighted by Gasteiger charge is -2.36. The van der Waals surface area contributed by atoms with Crippen LogP contribution in [0.3, 0.4) is 0 Å². The number of carbonyl (C=O) groups is 1. The number of ether oxygens (including phenoxy) is 1. The van der Waals surface area contributed by atoms with Gasteiger partial charge in [-0.1, -0.05) is 0 Å². The van der Waals surface area contributed by atoms with Crippen molar-refractivity contribution < 1.29 is 9.53 Å². The van der Waals surface area contributed by atoms with Gasteiger partial charge in [0.05, 0.1) is 5.60 Å². The largest absolute Gasteiger partial charge is 0.376 e. The highest BCUT2D eigenvalue weighted by molar-refractivity contribution is 5.78. The number of rotatable bonds is 3. The van der Waals surface area contributed by atoms with E-state index in [-0.39, 0.29) is 17.4 Å². The Morgan fingerprint density at radius 2 is 2.14 bits per heavy atom. The Balaban J connectivity index is 2.41. The van der Waals surface area contributed by atoms with Gasteiger partial charge in [0.1, 0.15) is 0 Å². The number of carbonyl (C=O) groups excluding carboxylic acids is 1. The third-order valence-electron chi connectivity index (χ3n) is 3.05. The maximum Gasteiger partial charge on any atom is 0.236 e. The topological polar surface area (TPSA) is 64.3 Å². The number of nitrogens with two attached hydrogens (primary N) is 1. The van der Waals surface area contributed by atoms with Crippen LogP contribution in [-0.2, 0) is 9.53 Å². The predicted octanol–water partition coefficient (Wildman–Crippen LogP) is 0.962. The Kier molecular flexibility index (Phi) is 3.89. The van der Waals surface area contributed by atoms with Crippen molar-refractivity contribution in [1.29, 1.82) is 0 Å². The van der Waals surface area contributed by atoms with E-state index < -0.39 is 0 Å². The molecule has 0 aliphatic heterocycles. The van der Waals surface area contributed by atoms with Crippen molar-refractivity contribution in [3.63, 3.8) is 0 Å². The van der Waals surface area contributed by atoms with Gasteiger partial charge in [-0.05, 0) is 39.5 Å². The molecule has 0 unspecified atom stereocenters. The molecule has 0 spiro atoms. The van der Waals surface area contributed by atoms with Crippen molar-refractivity contribution in [1.82, 2.24) is 5.43 Å². The van der Waals surface area contributed by atoms with Crippen molar-refractivity contribution in [2.45, 2.75) is 45.1 Å². The zero-order valence-electron chi connectivity index (χ0n) is 9.01. The van der Waals surface area contributed by atoms with Gasteiger partial charge in [-0.25, -0.2) is 5.84 Å². The molecular weight excluding hydrogens is 180 g/mol. The van der Waals surface area contributed by atoms with E-state index in [4.69, 9.17) is 10.6 Å². The molecular formula is C10H20N2O2. The van der Waals surface area contributed by atoms with Gasteiger partial charge in [-0.3, -0.25) is 10.2 Å². The second-order valence-electron chi connectivity index (χ2n) is 4.17. The van der Waals surface area contributed by atoms with Crippen LogP contribution in [-0.4, -0.2) is 18.1 Å². The third-order valence-corrected chi connectivity index (χ3v) is 3.05. The summed E-state index contributed by atoms with van der Waals surface area (Å²) in [4.78, 5) is 11.3. The van der Waals surface area contributed by atoms with Crippen LogP contribution in [0.1, 0.15) is 39.5 Å². The Bertz CT molecular complexity index is 198. The summed E-state index contributed by atoms with van der Waals surface area (Å²) in [7, 11) is 0. The zero-order valence-corrected chi connectivity index (χ0v) is 9.01. The van der Waals surface area contributed by atoms with Gasteiger partial charge in [-0.15, -0.1) is 0 Å². The summed E-state index contributed by atoms with van der Waals surface area (Å²) in [6.45, 7) is 4.86. The minimum absolute atomic E-state index is 0.0277. The summed E-state index contributed by atoms with van der Waals surface area (Å²) >= 11 is 0. The van der Waals surface area contributed by atoms with Crippen LogP contribution < -0.4 is 11.3 Å². The second kappa shape index (κ2) is 4.75. The van der Waals surface area contributed by atoms with E-state index in [0.29, 0.717) is 0 Å². The average molecular weight is 200 g/mol. The molecule has 1 amide bonds. The van der Waals surface area contributed by atoms with Crippen LogP contribution in [0.4, 0.5) is 0 Å². The van der Waals surface area contributed by atoms with Crippen LogP contribution >= 0.6 is 0 Å². The summed E-state index contributed by atoms with van der Waals surface area (Å²) in [6.07, 6.45) is 3.64. The molecule has 4 nitrogen and oxygen atoms in total.